The Morgan fingerprint density at radius 3 is 2.06 bits per heavy atom. The standard InChI is InChI=1S/C7H2Cl4O5/c8-4-2(7(12)13)1-3(14-9)5(15-10)6(4)16-11/h1H,(H,12,13). The van der Waals surface area contributed by atoms with Gasteiger partial charge in [0.2, 0.25) is 11.5 Å². The Balaban J connectivity index is 3.54. The zero-order valence-corrected chi connectivity index (χ0v) is 10.2. The van der Waals surface area contributed by atoms with E-state index >= 15 is 0 Å². The maximum absolute atomic E-state index is 10.8. The molecule has 88 valence electrons. The molecule has 0 saturated carbocycles. The first kappa shape index (κ1) is 13.3. The number of aromatic carboxylic acids is 1. The third-order valence-corrected chi connectivity index (χ3v) is 2.46. The quantitative estimate of drug-likeness (QED) is 0.920. The summed E-state index contributed by atoms with van der Waals surface area (Å²) in [4.78, 5) is 10.8. The van der Waals surface area contributed by atoms with Crippen molar-refractivity contribution in [1.29, 1.82) is 0 Å². The molecule has 0 fully saturated rings. The van der Waals surface area contributed by atoms with E-state index in [1.807, 2.05) is 0 Å². The Labute approximate surface area is 110 Å². The van der Waals surface area contributed by atoms with Crippen molar-refractivity contribution in [3.8, 4) is 17.2 Å². The topological polar surface area (TPSA) is 65.0 Å². The highest BCUT2D eigenvalue weighted by Crippen LogP contribution is 2.46. The molecule has 0 aromatic heterocycles. The summed E-state index contributed by atoms with van der Waals surface area (Å²) in [5.74, 6) is -2.07. The summed E-state index contributed by atoms with van der Waals surface area (Å²) in [6.45, 7) is 0. The Bertz CT molecular complexity index is 422. The van der Waals surface area contributed by atoms with Gasteiger partial charge in [0, 0.05) is 6.07 Å². The zero-order valence-electron chi connectivity index (χ0n) is 7.17. The molecule has 0 aliphatic rings. The minimum Gasteiger partial charge on any atom is -0.478 e. The predicted molar refractivity (Wildman–Crippen MR) is 57.9 cm³/mol. The number of carbonyl (C=O) groups is 1. The lowest BCUT2D eigenvalue weighted by Gasteiger charge is -2.10. The van der Waals surface area contributed by atoms with Gasteiger partial charge in [0.1, 0.15) is 40.6 Å². The molecule has 1 aromatic carbocycles. The van der Waals surface area contributed by atoms with Gasteiger partial charge in [0.05, 0.1) is 5.56 Å². The van der Waals surface area contributed by atoms with Gasteiger partial charge < -0.3 is 18.0 Å². The van der Waals surface area contributed by atoms with Crippen molar-refractivity contribution in [3.63, 3.8) is 0 Å². The molecule has 0 heterocycles. The van der Waals surface area contributed by atoms with Crippen molar-refractivity contribution in [2.45, 2.75) is 0 Å². The number of carboxylic acid groups (broad SMARTS) is 1. The lowest BCUT2D eigenvalue weighted by molar-refractivity contribution is 0.0696. The summed E-state index contributed by atoms with van der Waals surface area (Å²) in [6, 6.07) is 1.01. The van der Waals surface area contributed by atoms with Crippen LogP contribution in [-0.2, 0) is 0 Å². The number of halogens is 4. The van der Waals surface area contributed by atoms with Gasteiger partial charge in [-0.1, -0.05) is 11.6 Å². The molecule has 1 N–H and O–H groups in total. The molecule has 0 aliphatic carbocycles. The second-order valence-electron chi connectivity index (χ2n) is 2.43. The third-order valence-electron chi connectivity index (χ3n) is 1.61. The van der Waals surface area contributed by atoms with Crippen LogP contribution in [-0.4, -0.2) is 11.1 Å². The molecule has 0 saturated heterocycles. The van der Waals surface area contributed by atoms with Crippen LogP contribution in [0.25, 0.3) is 0 Å². The number of rotatable bonds is 4. The van der Waals surface area contributed by atoms with Crippen molar-refractivity contribution >= 4 is 53.2 Å². The molecule has 0 spiro atoms. The first-order valence-corrected chi connectivity index (χ1v) is 4.82. The van der Waals surface area contributed by atoms with Gasteiger partial charge in [-0.15, -0.1) is 0 Å². The van der Waals surface area contributed by atoms with E-state index in [-0.39, 0.29) is 27.8 Å². The lowest BCUT2D eigenvalue weighted by Crippen LogP contribution is -2.00. The van der Waals surface area contributed by atoms with Crippen molar-refractivity contribution in [1.82, 2.24) is 0 Å². The average Bonchev–Trinajstić information content (AvgIpc) is 2.27. The van der Waals surface area contributed by atoms with Gasteiger partial charge in [-0.05, 0) is 0 Å². The largest absolute Gasteiger partial charge is 0.478 e. The molecule has 0 amide bonds. The van der Waals surface area contributed by atoms with E-state index in [4.69, 9.17) is 52.3 Å². The maximum Gasteiger partial charge on any atom is 0.337 e. The van der Waals surface area contributed by atoms with Gasteiger partial charge in [-0.3, -0.25) is 0 Å². The van der Waals surface area contributed by atoms with Crippen LogP contribution < -0.4 is 12.9 Å². The molecule has 1 rings (SSSR count). The van der Waals surface area contributed by atoms with Crippen molar-refractivity contribution in [2.24, 2.45) is 0 Å². The minimum absolute atomic E-state index is 0.200. The normalized spacial score (nSPS) is 9.75. The highest BCUT2D eigenvalue weighted by Gasteiger charge is 2.24. The second kappa shape index (κ2) is 5.54. The summed E-state index contributed by atoms with van der Waals surface area (Å²) in [7, 11) is 0. The van der Waals surface area contributed by atoms with Crippen LogP contribution in [0.5, 0.6) is 17.2 Å². The fourth-order valence-electron chi connectivity index (χ4n) is 0.949. The van der Waals surface area contributed by atoms with E-state index in [1.54, 1.807) is 0 Å². The maximum atomic E-state index is 10.8. The van der Waals surface area contributed by atoms with E-state index in [2.05, 4.69) is 12.9 Å². The monoisotopic (exact) mass is 306 g/mol. The first-order valence-electron chi connectivity index (χ1n) is 3.52. The molecule has 16 heavy (non-hydrogen) atoms. The van der Waals surface area contributed by atoms with Gasteiger partial charge in [0.25, 0.3) is 0 Å². The smallest absolute Gasteiger partial charge is 0.337 e. The Morgan fingerprint density at radius 2 is 1.69 bits per heavy atom. The number of carboxylic acids is 1. The van der Waals surface area contributed by atoms with Crippen LogP contribution >= 0.6 is 47.2 Å². The molecule has 0 aliphatic heterocycles. The highest BCUT2D eigenvalue weighted by atomic mass is 35.5. The molecule has 9 heteroatoms. The molecule has 1 aromatic rings. The molecule has 5 nitrogen and oxygen atoms in total. The van der Waals surface area contributed by atoms with Crippen LogP contribution in [0, 0.1) is 0 Å². The van der Waals surface area contributed by atoms with Crippen LogP contribution in [0.15, 0.2) is 6.07 Å². The van der Waals surface area contributed by atoms with Gasteiger partial charge >= 0.3 is 5.97 Å². The summed E-state index contributed by atoms with van der Waals surface area (Å²) in [6.07, 6.45) is 0. The predicted octanol–water partition coefficient (Wildman–Crippen LogP) is 3.64. The third kappa shape index (κ3) is 2.32. The van der Waals surface area contributed by atoms with Crippen molar-refractivity contribution < 1.29 is 22.8 Å². The lowest BCUT2D eigenvalue weighted by atomic mass is 10.2. The van der Waals surface area contributed by atoms with Crippen LogP contribution in [0.3, 0.4) is 0 Å². The summed E-state index contributed by atoms with van der Waals surface area (Å²) < 4.78 is 13.0. The zero-order chi connectivity index (χ0) is 12.3. The molecular weight excluding hydrogens is 306 g/mol. The molecular formula is C7H2Cl4O5. The SMILES string of the molecule is O=C(O)c1cc(OCl)c(OCl)c(OCl)c1Cl. The molecule has 0 atom stereocenters. The van der Waals surface area contributed by atoms with Gasteiger partial charge in [-0.25, -0.2) is 4.79 Å². The summed E-state index contributed by atoms with van der Waals surface area (Å²) >= 11 is 21.0. The summed E-state index contributed by atoms with van der Waals surface area (Å²) in [5.41, 5.74) is -0.328. The number of benzene rings is 1. The van der Waals surface area contributed by atoms with E-state index < -0.39 is 5.97 Å². The van der Waals surface area contributed by atoms with Crippen molar-refractivity contribution in [3.05, 3.63) is 16.7 Å². The van der Waals surface area contributed by atoms with Gasteiger partial charge in [-0.2, -0.15) is 0 Å². The second-order valence-corrected chi connectivity index (χ2v) is 3.27. The fourth-order valence-corrected chi connectivity index (χ4v) is 1.66. The van der Waals surface area contributed by atoms with Gasteiger partial charge in [0.15, 0.2) is 5.75 Å². The Kier molecular flexibility index (Phi) is 4.61. The van der Waals surface area contributed by atoms with E-state index in [0.29, 0.717) is 0 Å². The minimum atomic E-state index is -1.32. The van der Waals surface area contributed by atoms with E-state index in [9.17, 15) is 4.79 Å². The van der Waals surface area contributed by atoms with Crippen LogP contribution in [0.4, 0.5) is 0 Å². The number of hydrogen-bond acceptors (Lipinski definition) is 4. The average molecular weight is 308 g/mol. The molecule has 0 unspecified atom stereocenters. The summed E-state index contributed by atoms with van der Waals surface area (Å²) in [5, 5.41) is 8.52. The van der Waals surface area contributed by atoms with Crippen LogP contribution in [0.1, 0.15) is 10.4 Å². The van der Waals surface area contributed by atoms with Crippen LogP contribution in [0.2, 0.25) is 5.02 Å². The first-order chi connectivity index (χ1) is 7.56. The fraction of sp³-hybridized carbons (Fsp3) is 0. The highest BCUT2D eigenvalue weighted by molar-refractivity contribution is 6.36. The molecule has 0 bridgehead atoms. The number of hydrogen-bond donors (Lipinski definition) is 1. The van der Waals surface area contributed by atoms with E-state index in [0.717, 1.165) is 6.07 Å². The Hall–Kier alpha value is -0.750. The molecule has 0 radical (unpaired) electrons. The van der Waals surface area contributed by atoms with Crippen molar-refractivity contribution in [2.75, 3.05) is 0 Å². The Morgan fingerprint density at radius 1 is 1.12 bits per heavy atom. The van der Waals surface area contributed by atoms with E-state index in [1.165, 1.54) is 0 Å².